The smallest absolute Gasteiger partial charge is 0.266 e. The summed E-state index contributed by atoms with van der Waals surface area (Å²) < 4.78 is 6.93. The quantitative estimate of drug-likeness (QED) is 0.190. The van der Waals surface area contributed by atoms with Crippen molar-refractivity contribution in [2.45, 2.75) is 20.5 Å². The standard InChI is InChI=1S/C25H19Cl2IN2O2/c1-15-4-3-5-23(16(15)2)30-25(31)19(13-29)10-18-11-21(26)24(22(27)12-18)32-14-17-6-8-20(28)9-7-17/h3-12H,14H2,1-2H3,(H,30,31)/b19-10+. The number of amides is 1. The van der Waals surface area contributed by atoms with Crippen molar-refractivity contribution in [3.8, 4) is 11.8 Å². The number of benzene rings is 3. The molecule has 3 aromatic carbocycles. The van der Waals surface area contributed by atoms with Gasteiger partial charge in [-0.2, -0.15) is 5.26 Å². The molecule has 0 bridgehead atoms. The Labute approximate surface area is 210 Å². The fraction of sp³-hybridized carbons (Fsp3) is 0.120. The SMILES string of the molecule is Cc1cccc(NC(=O)/C(C#N)=C/c2cc(Cl)c(OCc3ccc(I)cc3)c(Cl)c2)c1C. The van der Waals surface area contributed by atoms with E-state index in [2.05, 4.69) is 27.9 Å². The number of hydrogen-bond donors (Lipinski definition) is 1. The monoisotopic (exact) mass is 576 g/mol. The first kappa shape index (κ1) is 24.1. The van der Waals surface area contributed by atoms with E-state index in [0.717, 1.165) is 20.3 Å². The molecule has 162 valence electrons. The predicted octanol–water partition coefficient (Wildman–Crippen LogP) is 7.34. The van der Waals surface area contributed by atoms with Crippen molar-refractivity contribution in [3.05, 3.63) is 96.0 Å². The van der Waals surface area contributed by atoms with Crippen LogP contribution in [0.3, 0.4) is 0 Å². The topological polar surface area (TPSA) is 62.1 Å². The molecule has 0 heterocycles. The summed E-state index contributed by atoms with van der Waals surface area (Å²) in [4.78, 5) is 12.6. The van der Waals surface area contributed by atoms with E-state index in [1.54, 1.807) is 18.2 Å². The molecule has 0 atom stereocenters. The van der Waals surface area contributed by atoms with Crippen LogP contribution in [-0.2, 0) is 11.4 Å². The van der Waals surface area contributed by atoms with Gasteiger partial charge in [0.1, 0.15) is 18.2 Å². The highest BCUT2D eigenvalue weighted by molar-refractivity contribution is 14.1. The zero-order chi connectivity index (χ0) is 23.3. The van der Waals surface area contributed by atoms with E-state index in [-0.39, 0.29) is 5.57 Å². The lowest BCUT2D eigenvalue weighted by molar-refractivity contribution is -0.112. The van der Waals surface area contributed by atoms with Gasteiger partial charge >= 0.3 is 0 Å². The molecule has 0 unspecified atom stereocenters. The Morgan fingerprint density at radius 2 is 1.78 bits per heavy atom. The van der Waals surface area contributed by atoms with Crippen molar-refractivity contribution in [1.82, 2.24) is 0 Å². The number of hydrogen-bond acceptors (Lipinski definition) is 3. The Hall–Kier alpha value is -2.53. The van der Waals surface area contributed by atoms with E-state index >= 15 is 0 Å². The summed E-state index contributed by atoms with van der Waals surface area (Å²) in [5, 5.41) is 12.9. The molecule has 0 radical (unpaired) electrons. The second kappa shape index (κ2) is 10.9. The lowest BCUT2D eigenvalue weighted by Crippen LogP contribution is -2.14. The third kappa shape index (κ3) is 6.04. The maximum Gasteiger partial charge on any atom is 0.266 e. The van der Waals surface area contributed by atoms with Crippen LogP contribution >= 0.6 is 45.8 Å². The third-order valence-corrected chi connectivity index (χ3v) is 6.13. The molecule has 0 aliphatic heterocycles. The van der Waals surface area contributed by atoms with Gasteiger partial charge in [0.2, 0.25) is 0 Å². The van der Waals surface area contributed by atoms with Crippen molar-refractivity contribution < 1.29 is 9.53 Å². The molecule has 4 nitrogen and oxygen atoms in total. The summed E-state index contributed by atoms with van der Waals surface area (Å²) in [5.74, 6) is -0.158. The molecule has 0 saturated heterocycles. The van der Waals surface area contributed by atoms with Crippen molar-refractivity contribution in [3.63, 3.8) is 0 Å². The van der Waals surface area contributed by atoms with E-state index < -0.39 is 5.91 Å². The first-order valence-electron chi connectivity index (χ1n) is 9.64. The van der Waals surface area contributed by atoms with Gasteiger partial charge in [-0.3, -0.25) is 4.79 Å². The van der Waals surface area contributed by atoms with Gasteiger partial charge in [0.15, 0.2) is 5.75 Å². The number of rotatable bonds is 6. The molecule has 0 saturated carbocycles. The lowest BCUT2D eigenvalue weighted by Gasteiger charge is -2.12. The molecule has 1 N–H and O–H groups in total. The summed E-state index contributed by atoms with van der Waals surface area (Å²) in [6.45, 7) is 4.18. The lowest BCUT2D eigenvalue weighted by atomic mass is 10.1. The minimum atomic E-state index is -0.507. The fourth-order valence-corrected chi connectivity index (χ4v) is 3.90. The minimum Gasteiger partial charge on any atom is -0.486 e. The number of carbonyl (C=O) groups is 1. The molecular formula is C25H19Cl2IN2O2. The highest BCUT2D eigenvalue weighted by Gasteiger charge is 2.14. The zero-order valence-corrected chi connectivity index (χ0v) is 21.0. The van der Waals surface area contributed by atoms with E-state index in [4.69, 9.17) is 27.9 Å². The van der Waals surface area contributed by atoms with Gasteiger partial charge in [-0.1, -0.05) is 47.5 Å². The second-order valence-corrected chi connectivity index (χ2v) is 9.16. The fourth-order valence-electron chi connectivity index (χ4n) is 2.93. The van der Waals surface area contributed by atoms with Gasteiger partial charge < -0.3 is 10.1 Å². The van der Waals surface area contributed by atoms with Crippen LogP contribution < -0.4 is 10.1 Å². The molecule has 0 aliphatic rings. The van der Waals surface area contributed by atoms with Gasteiger partial charge in [-0.25, -0.2) is 0 Å². The van der Waals surface area contributed by atoms with E-state index in [1.807, 2.05) is 56.3 Å². The predicted molar refractivity (Wildman–Crippen MR) is 138 cm³/mol. The van der Waals surface area contributed by atoms with E-state index in [0.29, 0.717) is 33.7 Å². The number of anilines is 1. The van der Waals surface area contributed by atoms with Gasteiger partial charge in [-0.05, 0) is 95.1 Å². The third-order valence-electron chi connectivity index (χ3n) is 4.85. The van der Waals surface area contributed by atoms with Gasteiger partial charge in [-0.15, -0.1) is 0 Å². The summed E-state index contributed by atoms with van der Waals surface area (Å²) >= 11 is 15.0. The molecule has 3 rings (SSSR count). The van der Waals surface area contributed by atoms with Crippen LogP contribution in [0.5, 0.6) is 5.75 Å². The van der Waals surface area contributed by atoms with E-state index in [1.165, 1.54) is 6.08 Å². The number of nitriles is 1. The molecule has 0 aliphatic carbocycles. The molecule has 0 fully saturated rings. The molecule has 0 spiro atoms. The van der Waals surface area contributed by atoms with Crippen molar-refractivity contribution in [2.75, 3.05) is 5.32 Å². The van der Waals surface area contributed by atoms with Gasteiger partial charge in [0.25, 0.3) is 5.91 Å². The molecule has 7 heteroatoms. The molecule has 32 heavy (non-hydrogen) atoms. The van der Waals surface area contributed by atoms with Gasteiger partial charge in [0.05, 0.1) is 10.0 Å². The molecule has 3 aromatic rings. The highest BCUT2D eigenvalue weighted by Crippen LogP contribution is 2.35. The van der Waals surface area contributed by atoms with Crippen molar-refractivity contribution >= 4 is 63.5 Å². The summed E-state index contributed by atoms with van der Waals surface area (Å²) in [6, 6.07) is 18.7. The first-order chi connectivity index (χ1) is 15.3. The number of halogens is 3. The highest BCUT2D eigenvalue weighted by atomic mass is 127. The van der Waals surface area contributed by atoms with Crippen LogP contribution in [0.2, 0.25) is 10.0 Å². The van der Waals surface area contributed by atoms with Crippen LogP contribution in [0, 0.1) is 28.7 Å². The number of nitrogens with zero attached hydrogens (tertiary/aromatic N) is 1. The minimum absolute atomic E-state index is 0.0643. The Bertz CT molecular complexity index is 1210. The number of aryl methyl sites for hydroxylation is 1. The Balaban J connectivity index is 1.78. The summed E-state index contributed by atoms with van der Waals surface area (Å²) in [5.41, 5.74) is 4.09. The maximum atomic E-state index is 12.6. The summed E-state index contributed by atoms with van der Waals surface area (Å²) in [6.07, 6.45) is 1.45. The van der Waals surface area contributed by atoms with Crippen molar-refractivity contribution in [2.24, 2.45) is 0 Å². The molecular weight excluding hydrogens is 558 g/mol. The largest absolute Gasteiger partial charge is 0.486 e. The van der Waals surface area contributed by atoms with Crippen LogP contribution in [0.15, 0.2) is 60.2 Å². The first-order valence-corrected chi connectivity index (χ1v) is 11.5. The molecule has 1 amide bonds. The van der Waals surface area contributed by atoms with Crippen LogP contribution in [0.1, 0.15) is 22.3 Å². The normalized spacial score (nSPS) is 11.1. The number of nitrogens with one attached hydrogen (secondary N) is 1. The van der Waals surface area contributed by atoms with Crippen LogP contribution in [0.25, 0.3) is 6.08 Å². The molecule has 0 aromatic heterocycles. The van der Waals surface area contributed by atoms with Gasteiger partial charge in [0, 0.05) is 9.26 Å². The second-order valence-electron chi connectivity index (χ2n) is 7.10. The van der Waals surface area contributed by atoms with Crippen molar-refractivity contribution in [1.29, 1.82) is 5.26 Å². The zero-order valence-electron chi connectivity index (χ0n) is 17.4. The Kier molecular flexibility index (Phi) is 8.19. The Morgan fingerprint density at radius 1 is 1.12 bits per heavy atom. The van der Waals surface area contributed by atoms with E-state index in [9.17, 15) is 10.1 Å². The average molecular weight is 577 g/mol. The number of carbonyl (C=O) groups excluding carboxylic acids is 1. The van der Waals surface area contributed by atoms with Crippen LogP contribution in [-0.4, -0.2) is 5.91 Å². The maximum absolute atomic E-state index is 12.6. The van der Waals surface area contributed by atoms with Crippen LogP contribution in [0.4, 0.5) is 5.69 Å². The Morgan fingerprint density at radius 3 is 2.41 bits per heavy atom. The number of ether oxygens (including phenoxy) is 1. The average Bonchev–Trinajstić information content (AvgIpc) is 2.76. The summed E-state index contributed by atoms with van der Waals surface area (Å²) in [7, 11) is 0.